The van der Waals surface area contributed by atoms with Crippen LogP contribution in [0.4, 0.5) is 0 Å². The van der Waals surface area contributed by atoms with Crippen molar-refractivity contribution in [2.75, 3.05) is 0 Å². The van der Waals surface area contributed by atoms with Crippen LogP contribution in [0.25, 0.3) is 11.4 Å². The van der Waals surface area contributed by atoms with Gasteiger partial charge in [0.25, 0.3) is 0 Å². The molecule has 3 heterocycles. The molecular weight excluding hydrogens is 274 g/mol. The Labute approximate surface area is 119 Å². The first-order valence-electron chi connectivity index (χ1n) is 6.56. The molecule has 7 nitrogen and oxygen atoms in total. The lowest BCUT2D eigenvalue weighted by atomic mass is 9.94. The maximum Gasteiger partial charge on any atom is 0.356 e. The second-order valence-electron chi connectivity index (χ2n) is 4.90. The van der Waals surface area contributed by atoms with Crippen LogP contribution in [0.2, 0.25) is 0 Å². The number of imidazole rings is 1. The van der Waals surface area contributed by atoms with E-state index in [1.165, 1.54) is 0 Å². The van der Waals surface area contributed by atoms with E-state index >= 15 is 0 Å². The number of pyridine rings is 1. The maximum atomic E-state index is 11.4. The molecule has 3 rings (SSSR count). The van der Waals surface area contributed by atoms with Crippen LogP contribution < -0.4 is 0 Å². The van der Waals surface area contributed by atoms with Crippen molar-refractivity contribution in [3.63, 3.8) is 0 Å². The number of carbonyl (C=O) groups is 2. The van der Waals surface area contributed by atoms with Crippen molar-refractivity contribution in [1.82, 2.24) is 14.5 Å². The zero-order valence-electron chi connectivity index (χ0n) is 11.1. The molecule has 0 saturated heterocycles. The Balaban J connectivity index is 2.23. The summed E-state index contributed by atoms with van der Waals surface area (Å²) in [6.07, 6.45) is 4.30. The first-order chi connectivity index (χ1) is 10.1. The molecule has 0 radical (unpaired) electrons. The van der Waals surface area contributed by atoms with E-state index in [2.05, 4.69) is 9.97 Å². The average molecular weight is 287 g/mol. The van der Waals surface area contributed by atoms with Gasteiger partial charge in [0.1, 0.15) is 5.82 Å². The molecule has 108 valence electrons. The minimum atomic E-state index is -1.21. The maximum absolute atomic E-state index is 11.4. The molecule has 1 aliphatic rings. The Morgan fingerprint density at radius 1 is 1.33 bits per heavy atom. The second-order valence-corrected chi connectivity index (χ2v) is 4.90. The van der Waals surface area contributed by atoms with Gasteiger partial charge in [-0.25, -0.2) is 9.78 Å². The zero-order valence-corrected chi connectivity index (χ0v) is 11.1. The number of hydrogen-bond acceptors (Lipinski definition) is 4. The van der Waals surface area contributed by atoms with Gasteiger partial charge in [0, 0.05) is 24.5 Å². The van der Waals surface area contributed by atoms with Crippen molar-refractivity contribution < 1.29 is 19.8 Å². The van der Waals surface area contributed by atoms with E-state index < -0.39 is 17.9 Å². The lowest BCUT2D eigenvalue weighted by Crippen LogP contribution is -2.24. The molecule has 1 aliphatic heterocycles. The van der Waals surface area contributed by atoms with Crippen LogP contribution in [0.5, 0.6) is 0 Å². The van der Waals surface area contributed by atoms with E-state index in [-0.39, 0.29) is 11.4 Å². The predicted octanol–water partition coefficient (Wildman–Crippen LogP) is 1.61. The molecule has 0 aliphatic carbocycles. The normalized spacial score (nSPS) is 17.2. The van der Waals surface area contributed by atoms with Crippen LogP contribution in [0, 0.1) is 0 Å². The van der Waals surface area contributed by atoms with Crippen LogP contribution in [0.15, 0.2) is 24.5 Å². The molecule has 2 N–H and O–H groups in total. The molecule has 0 aromatic carbocycles. The molecule has 2 aromatic heterocycles. The van der Waals surface area contributed by atoms with Gasteiger partial charge in [0.15, 0.2) is 5.69 Å². The predicted molar refractivity (Wildman–Crippen MR) is 72.0 cm³/mol. The highest BCUT2D eigenvalue weighted by atomic mass is 16.4. The smallest absolute Gasteiger partial charge is 0.356 e. The molecule has 0 amide bonds. The van der Waals surface area contributed by atoms with Gasteiger partial charge in [-0.05, 0) is 25.0 Å². The van der Waals surface area contributed by atoms with Gasteiger partial charge < -0.3 is 14.8 Å². The van der Waals surface area contributed by atoms with Crippen LogP contribution in [-0.2, 0) is 11.3 Å². The Kier molecular flexibility index (Phi) is 3.17. The summed E-state index contributed by atoms with van der Waals surface area (Å²) < 4.78 is 1.70. The highest BCUT2D eigenvalue weighted by molar-refractivity contribution is 5.91. The van der Waals surface area contributed by atoms with Crippen LogP contribution >= 0.6 is 0 Å². The number of carboxylic acid groups (broad SMARTS) is 2. The van der Waals surface area contributed by atoms with E-state index in [9.17, 15) is 19.8 Å². The Bertz CT molecular complexity index is 709. The van der Waals surface area contributed by atoms with E-state index in [1.54, 1.807) is 29.1 Å². The summed E-state index contributed by atoms with van der Waals surface area (Å²) in [7, 11) is 0. The van der Waals surface area contributed by atoms with Gasteiger partial charge in [0.2, 0.25) is 0 Å². The number of aliphatic carboxylic acids is 1. The molecule has 21 heavy (non-hydrogen) atoms. The van der Waals surface area contributed by atoms with Crippen LogP contribution in [0.3, 0.4) is 0 Å². The summed E-state index contributed by atoms with van der Waals surface area (Å²) in [5.41, 5.74) is 0.776. The summed E-state index contributed by atoms with van der Waals surface area (Å²) in [6, 6.07) is 3.51. The fourth-order valence-electron chi connectivity index (χ4n) is 2.75. The largest absolute Gasteiger partial charge is 0.481 e. The van der Waals surface area contributed by atoms with Crippen molar-refractivity contribution in [3.05, 3.63) is 35.9 Å². The number of carboxylic acids is 2. The summed E-state index contributed by atoms with van der Waals surface area (Å²) in [5, 5.41) is 18.6. The van der Waals surface area contributed by atoms with Gasteiger partial charge in [-0.3, -0.25) is 9.78 Å². The van der Waals surface area contributed by atoms with E-state index in [4.69, 9.17) is 0 Å². The Morgan fingerprint density at radius 3 is 2.76 bits per heavy atom. The van der Waals surface area contributed by atoms with Gasteiger partial charge in [-0.2, -0.15) is 0 Å². The zero-order chi connectivity index (χ0) is 15.0. The molecule has 1 atom stereocenters. The molecule has 0 bridgehead atoms. The number of aromatic nitrogens is 3. The minimum absolute atomic E-state index is 0.180. The molecule has 2 aromatic rings. The molecular formula is C14H13N3O4. The van der Waals surface area contributed by atoms with Crippen molar-refractivity contribution in [1.29, 1.82) is 0 Å². The summed E-state index contributed by atoms with van der Waals surface area (Å²) in [6.45, 7) is 0.559. The van der Waals surface area contributed by atoms with Crippen LogP contribution in [0.1, 0.15) is 34.9 Å². The summed E-state index contributed by atoms with van der Waals surface area (Å²) in [5.74, 6) is -2.60. The van der Waals surface area contributed by atoms with Crippen molar-refractivity contribution in [2.24, 2.45) is 0 Å². The first kappa shape index (κ1) is 13.3. The standard InChI is InChI=1S/C14H13N3O4/c18-13(19)9-4-2-6-17-11(9)10(14(20)21)16-12(17)8-3-1-5-15-7-8/h1,3,5,7,9H,2,4,6H2,(H,18,19)(H,20,21). The van der Waals surface area contributed by atoms with Crippen molar-refractivity contribution >= 4 is 11.9 Å². The summed E-state index contributed by atoms with van der Waals surface area (Å²) >= 11 is 0. The van der Waals surface area contributed by atoms with Crippen LogP contribution in [-0.4, -0.2) is 36.7 Å². The Morgan fingerprint density at radius 2 is 2.14 bits per heavy atom. The molecule has 0 fully saturated rings. The SMILES string of the molecule is O=C(O)c1nc(-c2cccnc2)n2c1C(C(=O)O)CCC2. The fraction of sp³-hybridized carbons (Fsp3) is 0.286. The molecule has 0 saturated carbocycles. The van der Waals surface area contributed by atoms with E-state index in [0.717, 1.165) is 0 Å². The number of rotatable bonds is 3. The minimum Gasteiger partial charge on any atom is -0.481 e. The molecule has 7 heteroatoms. The third-order valence-corrected chi connectivity index (χ3v) is 3.63. The van der Waals surface area contributed by atoms with E-state index in [0.29, 0.717) is 30.8 Å². The lowest BCUT2D eigenvalue weighted by Gasteiger charge is -2.22. The van der Waals surface area contributed by atoms with Crippen molar-refractivity contribution in [3.8, 4) is 11.4 Å². The van der Waals surface area contributed by atoms with Gasteiger partial charge >= 0.3 is 11.9 Å². The number of hydrogen-bond donors (Lipinski definition) is 2. The summed E-state index contributed by atoms with van der Waals surface area (Å²) in [4.78, 5) is 30.9. The third-order valence-electron chi connectivity index (χ3n) is 3.63. The van der Waals surface area contributed by atoms with E-state index in [1.807, 2.05) is 0 Å². The lowest BCUT2D eigenvalue weighted by molar-refractivity contribution is -0.139. The number of fused-ring (bicyclic) bond motifs is 1. The second kappa shape index (κ2) is 5.01. The highest BCUT2D eigenvalue weighted by Gasteiger charge is 2.35. The Hall–Kier alpha value is -2.70. The average Bonchev–Trinajstić information content (AvgIpc) is 2.87. The molecule has 0 spiro atoms. The van der Waals surface area contributed by atoms with Gasteiger partial charge in [-0.15, -0.1) is 0 Å². The monoisotopic (exact) mass is 287 g/mol. The quantitative estimate of drug-likeness (QED) is 0.888. The molecule has 1 unspecified atom stereocenters. The van der Waals surface area contributed by atoms with Gasteiger partial charge in [0.05, 0.1) is 11.6 Å². The third kappa shape index (κ3) is 2.16. The topological polar surface area (TPSA) is 105 Å². The number of aromatic carboxylic acids is 1. The first-order valence-corrected chi connectivity index (χ1v) is 6.56. The van der Waals surface area contributed by atoms with Gasteiger partial charge in [-0.1, -0.05) is 0 Å². The highest BCUT2D eigenvalue weighted by Crippen LogP contribution is 2.34. The fourth-order valence-corrected chi connectivity index (χ4v) is 2.75. The van der Waals surface area contributed by atoms with Crippen molar-refractivity contribution in [2.45, 2.75) is 25.3 Å². The number of nitrogens with zero attached hydrogens (tertiary/aromatic N) is 3.